The van der Waals surface area contributed by atoms with Gasteiger partial charge in [-0.1, -0.05) is 60.3 Å². The Morgan fingerprint density at radius 3 is 1.94 bits per heavy atom. The molecule has 0 aliphatic carbocycles. The van der Waals surface area contributed by atoms with Gasteiger partial charge in [0.05, 0.1) is 0 Å². The molecule has 0 aliphatic rings. The highest BCUT2D eigenvalue weighted by Gasteiger charge is 2.00. The summed E-state index contributed by atoms with van der Waals surface area (Å²) in [4.78, 5) is 10.9. The first-order chi connectivity index (χ1) is 8.65. The lowest BCUT2D eigenvalue weighted by molar-refractivity contribution is -0.118. The molecule has 0 aromatic carbocycles. The van der Waals surface area contributed by atoms with Crippen LogP contribution < -0.4 is 5.32 Å². The number of carbonyl (C=O) groups is 1. The van der Waals surface area contributed by atoms with Gasteiger partial charge in [-0.05, 0) is 24.5 Å². The van der Waals surface area contributed by atoms with Crippen molar-refractivity contribution < 1.29 is 4.79 Å². The highest BCUT2D eigenvalue weighted by atomic mass is 16.1. The zero-order valence-corrected chi connectivity index (χ0v) is 13.3. The van der Waals surface area contributed by atoms with E-state index in [0.29, 0.717) is 0 Å². The van der Waals surface area contributed by atoms with E-state index < -0.39 is 0 Å². The van der Waals surface area contributed by atoms with Crippen molar-refractivity contribution in [3.05, 3.63) is 36.1 Å². The summed E-state index contributed by atoms with van der Waals surface area (Å²) in [5.41, 5.74) is 1.92. The first-order valence-corrected chi connectivity index (χ1v) is 6.95. The molecule has 0 saturated heterocycles. The van der Waals surface area contributed by atoms with E-state index in [2.05, 4.69) is 18.8 Å². The second kappa shape index (κ2) is 18.1. The fourth-order valence-electron chi connectivity index (χ4n) is 1.10. The fourth-order valence-corrected chi connectivity index (χ4v) is 1.10. The van der Waals surface area contributed by atoms with E-state index in [1.54, 1.807) is 6.08 Å². The summed E-state index contributed by atoms with van der Waals surface area (Å²) in [6, 6.07) is 0. The van der Waals surface area contributed by atoms with Gasteiger partial charge in [0.2, 0.25) is 5.91 Å². The summed E-state index contributed by atoms with van der Waals surface area (Å²) in [6.07, 6.45) is 7.56. The molecule has 1 N–H and O–H groups in total. The number of allylic oxidation sites excluding steroid dienone is 4. The topological polar surface area (TPSA) is 29.1 Å². The zero-order chi connectivity index (χ0) is 15.0. The number of hydrogen-bond acceptors (Lipinski definition) is 1. The third-order valence-corrected chi connectivity index (χ3v) is 1.80. The molecule has 0 unspecified atom stereocenters. The van der Waals surface area contributed by atoms with Gasteiger partial charge in [0, 0.05) is 12.6 Å². The van der Waals surface area contributed by atoms with E-state index in [1.807, 2.05) is 46.8 Å². The molecule has 0 aliphatic heterocycles. The van der Waals surface area contributed by atoms with E-state index in [0.717, 1.165) is 24.1 Å². The molecular formula is C16H31NO. The summed E-state index contributed by atoms with van der Waals surface area (Å²) >= 11 is 0. The molecule has 2 nitrogen and oxygen atoms in total. The highest BCUT2D eigenvalue weighted by molar-refractivity contribution is 5.75. The van der Waals surface area contributed by atoms with Gasteiger partial charge in [0.15, 0.2) is 0 Å². The molecule has 106 valence electrons. The van der Waals surface area contributed by atoms with Crippen molar-refractivity contribution in [2.45, 2.75) is 61.3 Å². The van der Waals surface area contributed by atoms with Crippen molar-refractivity contribution in [3.8, 4) is 0 Å². The monoisotopic (exact) mass is 253 g/mol. The van der Waals surface area contributed by atoms with Crippen molar-refractivity contribution in [1.29, 1.82) is 0 Å². The number of rotatable bonds is 5. The zero-order valence-electron chi connectivity index (χ0n) is 13.3. The summed E-state index contributed by atoms with van der Waals surface area (Å²) in [5, 5.41) is 2.80. The third kappa shape index (κ3) is 12.8. The summed E-state index contributed by atoms with van der Waals surface area (Å²) < 4.78 is 0. The molecule has 0 rings (SSSR count). The van der Waals surface area contributed by atoms with Gasteiger partial charge >= 0.3 is 0 Å². The molecule has 0 saturated carbocycles. The van der Waals surface area contributed by atoms with Crippen molar-refractivity contribution in [2.24, 2.45) is 0 Å². The van der Waals surface area contributed by atoms with Crippen LogP contribution in [0.2, 0.25) is 0 Å². The Morgan fingerprint density at radius 2 is 1.67 bits per heavy atom. The normalized spacial score (nSPS) is 10.4. The molecule has 0 heterocycles. The van der Waals surface area contributed by atoms with Gasteiger partial charge < -0.3 is 5.32 Å². The van der Waals surface area contributed by atoms with Gasteiger partial charge in [-0.15, -0.1) is 0 Å². The molecule has 0 bridgehead atoms. The number of carbonyl (C=O) groups excluding carboxylic acids is 1. The molecule has 18 heavy (non-hydrogen) atoms. The Kier molecular flexibility index (Phi) is 22.0. The van der Waals surface area contributed by atoms with Crippen LogP contribution in [0.5, 0.6) is 0 Å². The van der Waals surface area contributed by atoms with E-state index >= 15 is 0 Å². The first kappa shape index (κ1) is 21.9. The Hall–Kier alpha value is -1.31. The molecule has 0 aromatic heterocycles. The van der Waals surface area contributed by atoms with Crippen molar-refractivity contribution in [2.75, 3.05) is 0 Å². The number of hydrogen-bond donors (Lipinski definition) is 1. The van der Waals surface area contributed by atoms with E-state index in [4.69, 9.17) is 0 Å². The number of amides is 1. The highest BCUT2D eigenvalue weighted by Crippen LogP contribution is 2.09. The standard InChI is InChI=1S/C12H19NO.2C2H6/c1-5-8-9-12(13-10(4)14)11(6-2)7-3;2*1-2/h6,8-9H,2,5,7H2,1,3-4H3,(H,13,14);2*1-2H3/b9-8-,12-11-;;. The van der Waals surface area contributed by atoms with Crippen LogP contribution in [0.25, 0.3) is 0 Å². The SMILES string of the molecule is C=C/C(CC)=C(\C=C/CC)NC(C)=O.CC.CC. The minimum Gasteiger partial charge on any atom is -0.326 e. The van der Waals surface area contributed by atoms with Crippen molar-refractivity contribution in [1.82, 2.24) is 5.32 Å². The minimum atomic E-state index is -0.0476. The third-order valence-electron chi connectivity index (χ3n) is 1.80. The largest absolute Gasteiger partial charge is 0.326 e. The van der Waals surface area contributed by atoms with Gasteiger partial charge in [0.1, 0.15) is 0 Å². The van der Waals surface area contributed by atoms with Crippen LogP contribution in [-0.2, 0) is 4.79 Å². The molecule has 0 radical (unpaired) electrons. The lowest BCUT2D eigenvalue weighted by atomic mass is 10.1. The van der Waals surface area contributed by atoms with Gasteiger partial charge in [-0.3, -0.25) is 4.79 Å². The first-order valence-electron chi connectivity index (χ1n) is 6.95. The Morgan fingerprint density at radius 1 is 1.17 bits per heavy atom. The second-order valence-electron chi connectivity index (χ2n) is 2.99. The maximum Gasteiger partial charge on any atom is 0.221 e. The van der Waals surface area contributed by atoms with Gasteiger partial charge in [0.25, 0.3) is 0 Å². The average molecular weight is 253 g/mol. The minimum absolute atomic E-state index is 0.0476. The lowest BCUT2D eigenvalue weighted by Gasteiger charge is -2.07. The van der Waals surface area contributed by atoms with Gasteiger partial charge in [-0.2, -0.15) is 0 Å². The summed E-state index contributed by atoms with van der Waals surface area (Å²) in [5.74, 6) is -0.0476. The van der Waals surface area contributed by atoms with Crippen LogP contribution in [0.1, 0.15) is 61.3 Å². The fraction of sp³-hybridized carbons (Fsp3) is 0.562. The predicted molar refractivity (Wildman–Crippen MR) is 83.5 cm³/mol. The van der Waals surface area contributed by atoms with Crippen LogP contribution in [0.15, 0.2) is 36.1 Å². The molecule has 2 heteroatoms. The maximum atomic E-state index is 10.9. The Labute approximate surface area is 114 Å². The predicted octanol–water partition coefficient (Wildman–Crippen LogP) is 4.99. The van der Waals surface area contributed by atoms with Crippen molar-refractivity contribution in [3.63, 3.8) is 0 Å². The molecule has 1 amide bonds. The quantitative estimate of drug-likeness (QED) is 0.687. The summed E-state index contributed by atoms with van der Waals surface area (Å²) in [7, 11) is 0. The van der Waals surface area contributed by atoms with E-state index in [1.165, 1.54) is 6.92 Å². The lowest BCUT2D eigenvalue weighted by Crippen LogP contribution is -2.19. The van der Waals surface area contributed by atoms with Gasteiger partial charge in [-0.25, -0.2) is 0 Å². The van der Waals surface area contributed by atoms with Crippen LogP contribution >= 0.6 is 0 Å². The van der Waals surface area contributed by atoms with Crippen LogP contribution in [0, 0.1) is 0 Å². The molecule has 0 atom stereocenters. The van der Waals surface area contributed by atoms with Crippen LogP contribution in [0.4, 0.5) is 0 Å². The Balaban J connectivity index is -0.000000506. The Bertz CT molecular complexity index is 262. The maximum absolute atomic E-state index is 10.9. The van der Waals surface area contributed by atoms with Crippen LogP contribution in [-0.4, -0.2) is 5.91 Å². The smallest absolute Gasteiger partial charge is 0.221 e. The van der Waals surface area contributed by atoms with E-state index in [9.17, 15) is 4.79 Å². The molecule has 0 fully saturated rings. The average Bonchev–Trinajstić information content (AvgIpc) is 2.41. The summed E-state index contributed by atoms with van der Waals surface area (Å²) in [6.45, 7) is 17.3. The molecule has 0 aromatic rings. The van der Waals surface area contributed by atoms with Crippen LogP contribution in [0.3, 0.4) is 0 Å². The molecular weight excluding hydrogens is 222 g/mol. The number of nitrogens with one attached hydrogen (secondary N) is 1. The van der Waals surface area contributed by atoms with E-state index in [-0.39, 0.29) is 5.91 Å². The second-order valence-corrected chi connectivity index (χ2v) is 2.99. The molecule has 0 spiro atoms. The van der Waals surface area contributed by atoms with Crippen molar-refractivity contribution >= 4 is 5.91 Å².